The zero-order valence-electron chi connectivity index (χ0n) is 13.6. The number of alkyl halides is 3. The van der Waals surface area contributed by atoms with E-state index in [1.807, 2.05) is 7.05 Å². The summed E-state index contributed by atoms with van der Waals surface area (Å²) in [5.74, 6) is -2.70. The van der Waals surface area contributed by atoms with E-state index in [9.17, 15) is 22.8 Å². The maximum Gasteiger partial charge on any atom is 0.492 e. The van der Waals surface area contributed by atoms with Gasteiger partial charge in [0.15, 0.2) is 6.10 Å². The molecule has 0 radical (unpaired) electrons. The normalized spacial score (nSPS) is 27.7. The number of ether oxygens (including phenoxy) is 1. The highest BCUT2D eigenvalue weighted by atomic mass is 19.4. The number of carbonyl (C=O) groups excluding carboxylic acids is 2. The van der Waals surface area contributed by atoms with Crippen LogP contribution in [-0.2, 0) is 19.2 Å². The standard InChI is InChI=1S/C14H22F3N3O4/c1-9-7-20(24-13(22)14(15,16)17)8-11(23-9)12(21)18-10-3-5-19(2)6-4-10/h9-11H,3-8H2,1-2H3,(H,18,21)/t9-,11-/m1/s1. The summed E-state index contributed by atoms with van der Waals surface area (Å²) < 4.78 is 42.3. The number of amides is 1. The van der Waals surface area contributed by atoms with Crippen LogP contribution in [0, 0.1) is 0 Å². The summed E-state index contributed by atoms with van der Waals surface area (Å²) in [6.45, 7) is 3.07. The van der Waals surface area contributed by atoms with E-state index in [4.69, 9.17) is 4.74 Å². The molecule has 1 amide bonds. The summed E-state index contributed by atoms with van der Waals surface area (Å²) in [6.07, 6.45) is -4.98. The number of hydroxylamine groups is 2. The fourth-order valence-corrected chi connectivity index (χ4v) is 2.75. The predicted molar refractivity (Wildman–Crippen MR) is 76.7 cm³/mol. The monoisotopic (exact) mass is 353 g/mol. The van der Waals surface area contributed by atoms with Crippen molar-refractivity contribution in [3.63, 3.8) is 0 Å². The average Bonchev–Trinajstić information content (AvgIpc) is 2.48. The molecule has 2 rings (SSSR count). The Morgan fingerprint density at radius 3 is 2.42 bits per heavy atom. The van der Waals surface area contributed by atoms with Crippen LogP contribution in [-0.4, -0.2) is 79.5 Å². The Morgan fingerprint density at radius 1 is 1.21 bits per heavy atom. The summed E-state index contributed by atoms with van der Waals surface area (Å²) in [5.41, 5.74) is 0. The first-order valence-corrected chi connectivity index (χ1v) is 7.83. The van der Waals surface area contributed by atoms with Gasteiger partial charge in [-0.2, -0.15) is 13.2 Å². The molecule has 138 valence electrons. The second-order valence-electron chi connectivity index (χ2n) is 6.24. The molecule has 0 aromatic heterocycles. The number of nitrogens with one attached hydrogen (secondary N) is 1. The quantitative estimate of drug-likeness (QED) is 0.787. The van der Waals surface area contributed by atoms with Crippen LogP contribution in [0.1, 0.15) is 19.8 Å². The number of carbonyl (C=O) groups is 2. The zero-order chi connectivity index (χ0) is 17.9. The molecule has 24 heavy (non-hydrogen) atoms. The molecular formula is C14H22F3N3O4. The van der Waals surface area contributed by atoms with Crippen LogP contribution < -0.4 is 5.32 Å². The minimum Gasteiger partial charge on any atom is -0.362 e. The summed E-state index contributed by atoms with van der Waals surface area (Å²) in [6, 6.07) is 0.0145. The number of hydrogen-bond acceptors (Lipinski definition) is 6. The SMILES string of the molecule is C[C@@H]1CN(OC(=O)C(F)(F)F)C[C@H](C(=O)NC2CCN(C)CC2)O1. The molecule has 2 fully saturated rings. The number of morpholine rings is 1. The van der Waals surface area contributed by atoms with E-state index >= 15 is 0 Å². The first kappa shape index (κ1) is 18.9. The lowest BCUT2D eigenvalue weighted by molar-refractivity contribution is -0.258. The fraction of sp³-hybridized carbons (Fsp3) is 0.857. The van der Waals surface area contributed by atoms with Crippen molar-refractivity contribution < 1.29 is 32.3 Å². The third-order valence-corrected chi connectivity index (χ3v) is 4.03. The third-order valence-electron chi connectivity index (χ3n) is 4.03. The zero-order valence-corrected chi connectivity index (χ0v) is 13.6. The van der Waals surface area contributed by atoms with Crippen LogP contribution in [0.3, 0.4) is 0 Å². The van der Waals surface area contributed by atoms with E-state index in [-0.39, 0.29) is 19.1 Å². The highest BCUT2D eigenvalue weighted by Gasteiger charge is 2.44. The van der Waals surface area contributed by atoms with Gasteiger partial charge in [-0.15, -0.1) is 5.06 Å². The molecule has 0 aromatic rings. The lowest BCUT2D eigenvalue weighted by atomic mass is 10.1. The Morgan fingerprint density at radius 2 is 1.83 bits per heavy atom. The minimum atomic E-state index is -5.08. The van der Waals surface area contributed by atoms with E-state index in [1.54, 1.807) is 6.92 Å². The summed E-state index contributed by atoms with van der Waals surface area (Å²) >= 11 is 0. The summed E-state index contributed by atoms with van der Waals surface area (Å²) in [7, 11) is 2.00. The van der Waals surface area contributed by atoms with E-state index in [2.05, 4.69) is 15.1 Å². The van der Waals surface area contributed by atoms with Gasteiger partial charge in [0.25, 0.3) is 5.91 Å². The van der Waals surface area contributed by atoms with Crippen molar-refractivity contribution in [2.45, 2.75) is 44.2 Å². The molecule has 2 aliphatic rings. The Bertz CT molecular complexity index is 467. The Kier molecular flexibility index (Phi) is 6.05. The maximum atomic E-state index is 12.3. The molecule has 10 heteroatoms. The molecule has 2 saturated heterocycles. The van der Waals surface area contributed by atoms with Crippen LogP contribution >= 0.6 is 0 Å². The summed E-state index contributed by atoms with van der Waals surface area (Å²) in [5, 5.41) is 3.69. The Hall–Kier alpha value is -1.39. The van der Waals surface area contributed by atoms with Crippen LogP contribution in [0.4, 0.5) is 13.2 Å². The highest BCUT2D eigenvalue weighted by molar-refractivity contribution is 5.81. The van der Waals surface area contributed by atoms with Crippen molar-refractivity contribution in [1.82, 2.24) is 15.3 Å². The number of likely N-dealkylation sites (tertiary alicyclic amines) is 1. The molecule has 7 nitrogen and oxygen atoms in total. The van der Waals surface area contributed by atoms with E-state index < -0.39 is 30.3 Å². The van der Waals surface area contributed by atoms with E-state index in [0.717, 1.165) is 31.0 Å². The van der Waals surface area contributed by atoms with Gasteiger partial charge in [0.1, 0.15) is 0 Å². The van der Waals surface area contributed by atoms with Gasteiger partial charge in [-0.1, -0.05) is 0 Å². The van der Waals surface area contributed by atoms with Gasteiger partial charge in [0.05, 0.1) is 19.2 Å². The fourth-order valence-electron chi connectivity index (χ4n) is 2.75. The first-order chi connectivity index (χ1) is 11.1. The van der Waals surface area contributed by atoms with Crippen LogP contribution in [0.5, 0.6) is 0 Å². The lowest BCUT2D eigenvalue weighted by Gasteiger charge is -2.36. The molecule has 2 aliphatic heterocycles. The lowest BCUT2D eigenvalue weighted by Crippen LogP contribution is -2.55. The topological polar surface area (TPSA) is 71.1 Å². The van der Waals surface area contributed by atoms with Gasteiger partial charge < -0.3 is 19.8 Å². The Labute approximate surface area is 138 Å². The molecule has 0 aromatic carbocycles. The van der Waals surface area contributed by atoms with Crippen molar-refractivity contribution in [3.8, 4) is 0 Å². The van der Waals surface area contributed by atoms with Gasteiger partial charge >= 0.3 is 12.1 Å². The van der Waals surface area contributed by atoms with Gasteiger partial charge in [-0.25, -0.2) is 4.79 Å². The average molecular weight is 353 g/mol. The number of rotatable bonds is 3. The third kappa shape index (κ3) is 5.32. The molecule has 0 saturated carbocycles. The van der Waals surface area contributed by atoms with Crippen molar-refractivity contribution in [1.29, 1.82) is 0 Å². The molecule has 1 N–H and O–H groups in total. The molecule has 0 aliphatic carbocycles. The molecule has 0 unspecified atom stereocenters. The van der Waals surface area contributed by atoms with Gasteiger partial charge in [0.2, 0.25) is 0 Å². The number of piperidine rings is 1. The predicted octanol–water partition coefficient (Wildman–Crippen LogP) is 0.307. The van der Waals surface area contributed by atoms with E-state index in [1.165, 1.54) is 0 Å². The number of hydrogen-bond donors (Lipinski definition) is 1. The molecule has 0 spiro atoms. The van der Waals surface area contributed by atoms with Crippen LogP contribution in [0.15, 0.2) is 0 Å². The second-order valence-corrected chi connectivity index (χ2v) is 6.24. The molecule has 0 bridgehead atoms. The number of nitrogens with zero attached hydrogens (tertiary/aromatic N) is 2. The van der Waals surface area contributed by atoms with Crippen LogP contribution in [0.25, 0.3) is 0 Å². The second kappa shape index (κ2) is 7.66. The van der Waals surface area contributed by atoms with Gasteiger partial charge in [-0.05, 0) is 39.9 Å². The van der Waals surface area contributed by atoms with Gasteiger partial charge in [-0.3, -0.25) is 4.79 Å². The molecule has 2 atom stereocenters. The van der Waals surface area contributed by atoms with Crippen molar-refractivity contribution in [2.24, 2.45) is 0 Å². The van der Waals surface area contributed by atoms with Crippen molar-refractivity contribution in [2.75, 3.05) is 33.2 Å². The molecular weight excluding hydrogens is 331 g/mol. The summed E-state index contributed by atoms with van der Waals surface area (Å²) in [4.78, 5) is 29.7. The van der Waals surface area contributed by atoms with Crippen molar-refractivity contribution >= 4 is 11.9 Å². The van der Waals surface area contributed by atoms with Crippen LogP contribution in [0.2, 0.25) is 0 Å². The number of halogens is 3. The van der Waals surface area contributed by atoms with Gasteiger partial charge in [0, 0.05) is 6.04 Å². The first-order valence-electron chi connectivity index (χ1n) is 7.83. The molecule has 2 heterocycles. The Balaban J connectivity index is 1.87. The maximum absolute atomic E-state index is 12.3. The largest absolute Gasteiger partial charge is 0.492 e. The minimum absolute atomic E-state index is 0.0145. The van der Waals surface area contributed by atoms with Crippen molar-refractivity contribution in [3.05, 3.63) is 0 Å². The smallest absolute Gasteiger partial charge is 0.362 e. The highest BCUT2D eigenvalue weighted by Crippen LogP contribution is 2.20. The van der Waals surface area contributed by atoms with E-state index in [0.29, 0.717) is 0 Å².